The molecule has 1 heterocycles. The summed E-state index contributed by atoms with van der Waals surface area (Å²) in [5, 5.41) is 2.96. The number of methoxy groups -OCH3 is 1. The molecule has 5 nitrogen and oxygen atoms in total. The lowest BCUT2D eigenvalue weighted by atomic mass is 10.2. The lowest BCUT2D eigenvalue weighted by molar-refractivity contribution is -0.116. The van der Waals surface area contributed by atoms with Crippen molar-refractivity contribution in [2.75, 3.05) is 50.1 Å². The van der Waals surface area contributed by atoms with Crippen LogP contribution in [0.2, 0.25) is 0 Å². The summed E-state index contributed by atoms with van der Waals surface area (Å²) in [7, 11) is 1.71. The Balaban J connectivity index is 1.45. The van der Waals surface area contributed by atoms with Crippen molar-refractivity contribution >= 4 is 33.2 Å². The average Bonchev–Trinajstić information content (AvgIpc) is 2.68. The summed E-state index contributed by atoms with van der Waals surface area (Å²) in [5.41, 5.74) is 1.96. The summed E-state index contributed by atoms with van der Waals surface area (Å²) in [6, 6.07) is 15.8. The fourth-order valence-corrected chi connectivity index (χ4v) is 3.52. The Kier molecular flexibility index (Phi) is 6.52. The fourth-order valence-electron chi connectivity index (χ4n) is 3.14. The Bertz CT molecular complexity index is 745. The third-order valence-corrected chi connectivity index (χ3v) is 5.29. The number of para-hydroxylation sites is 3. The van der Waals surface area contributed by atoms with Crippen LogP contribution in [0.25, 0.3) is 0 Å². The predicted octanol–water partition coefficient (Wildman–Crippen LogP) is 3.61. The quantitative estimate of drug-likeness (QED) is 0.779. The van der Waals surface area contributed by atoms with Crippen LogP contribution in [0.4, 0.5) is 11.4 Å². The highest BCUT2D eigenvalue weighted by Gasteiger charge is 2.20. The molecule has 1 amide bonds. The molecule has 1 fully saturated rings. The number of ether oxygens (including phenoxy) is 1. The van der Waals surface area contributed by atoms with Gasteiger partial charge in [-0.1, -0.05) is 24.3 Å². The number of carbonyl (C=O) groups excluding carboxylic acids is 1. The van der Waals surface area contributed by atoms with Gasteiger partial charge in [-0.15, -0.1) is 0 Å². The van der Waals surface area contributed by atoms with Gasteiger partial charge in [0.15, 0.2) is 0 Å². The number of nitrogens with zero attached hydrogens (tertiary/aromatic N) is 2. The van der Waals surface area contributed by atoms with Gasteiger partial charge in [0.1, 0.15) is 5.75 Å². The van der Waals surface area contributed by atoms with Crippen LogP contribution in [-0.2, 0) is 4.79 Å². The number of carbonyl (C=O) groups is 1. The van der Waals surface area contributed by atoms with Gasteiger partial charge in [-0.2, -0.15) is 0 Å². The summed E-state index contributed by atoms with van der Waals surface area (Å²) in [5.74, 6) is 0.956. The smallest absolute Gasteiger partial charge is 0.225 e. The highest BCUT2D eigenvalue weighted by atomic mass is 79.9. The number of piperazine rings is 1. The van der Waals surface area contributed by atoms with Crippen LogP contribution in [0.3, 0.4) is 0 Å². The molecule has 1 N–H and O–H groups in total. The summed E-state index contributed by atoms with van der Waals surface area (Å²) < 4.78 is 6.36. The van der Waals surface area contributed by atoms with Crippen molar-refractivity contribution in [2.24, 2.45) is 0 Å². The number of rotatable bonds is 6. The molecule has 2 aromatic rings. The van der Waals surface area contributed by atoms with Crippen molar-refractivity contribution in [1.82, 2.24) is 4.90 Å². The van der Waals surface area contributed by atoms with Crippen LogP contribution in [0.15, 0.2) is 53.0 Å². The van der Waals surface area contributed by atoms with E-state index in [0.717, 1.165) is 54.3 Å². The number of halogens is 1. The lowest BCUT2D eigenvalue weighted by Gasteiger charge is -2.36. The molecule has 26 heavy (non-hydrogen) atoms. The van der Waals surface area contributed by atoms with Crippen LogP contribution in [0.5, 0.6) is 5.75 Å². The van der Waals surface area contributed by atoms with E-state index in [0.29, 0.717) is 6.42 Å². The van der Waals surface area contributed by atoms with E-state index in [1.807, 2.05) is 42.5 Å². The van der Waals surface area contributed by atoms with Crippen LogP contribution in [0, 0.1) is 0 Å². The zero-order chi connectivity index (χ0) is 18.4. The molecule has 1 saturated heterocycles. The van der Waals surface area contributed by atoms with Crippen molar-refractivity contribution in [2.45, 2.75) is 6.42 Å². The lowest BCUT2D eigenvalue weighted by Crippen LogP contribution is -2.47. The molecule has 0 saturated carbocycles. The normalized spacial score (nSPS) is 14.9. The van der Waals surface area contributed by atoms with Gasteiger partial charge >= 0.3 is 0 Å². The molecule has 138 valence electrons. The van der Waals surface area contributed by atoms with E-state index in [1.165, 1.54) is 0 Å². The first kappa shape index (κ1) is 18.7. The molecule has 0 atom stereocenters. The van der Waals surface area contributed by atoms with E-state index in [4.69, 9.17) is 4.74 Å². The Morgan fingerprint density at radius 3 is 2.50 bits per heavy atom. The number of benzene rings is 2. The second-order valence-electron chi connectivity index (χ2n) is 6.28. The maximum Gasteiger partial charge on any atom is 0.225 e. The Labute approximate surface area is 163 Å². The minimum atomic E-state index is 0.0454. The van der Waals surface area contributed by atoms with E-state index < -0.39 is 0 Å². The van der Waals surface area contributed by atoms with E-state index >= 15 is 0 Å². The largest absolute Gasteiger partial charge is 0.495 e. The van der Waals surface area contributed by atoms with Crippen molar-refractivity contribution in [3.63, 3.8) is 0 Å². The van der Waals surface area contributed by atoms with Crippen LogP contribution < -0.4 is 15.0 Å². The molecule has 0 radical (unpaired) electrons. The third-order valence-electron chi connectivity index (χ3n) is 4.60. The highest BCUT2D eigenvalue weighted by Crippen LogP contribution is 2.28. The molecule has 0 aliphatic carbocycles. The molecule has 0 aromatic heterocycles. The molecule has 0 unspecified atom stereocenters. The van der Waals surface area contributed by atoms with Gasteiger partial charge in [0.05, 0.1) is 18.5 Å². The first-order valence-corrected chi connectivity index (χ1v) is 9.61. The van der Waals surface area contributed by atoms with Gasteiger partial charge in [-0.05, 0) is 40.2 Å². The fraction of sp³-hybridized carbons (Fsp3) is 0.350. The first-order chi connectivity index (χ1) is 12.7. The molecule has 0 bridgehead atoms. The van der Waals surface area contributed by atoms with E-state index in [2.05, 4.69) is 37.1 Å². The van der Waals surface area contributed by atoms with Gasteiger partial charge < -0.3 is 15.0 Å². The second kappa shape index (κ2) is 9.05. The molecule has 6 heteroatoms. The number of anilines is 2. The SMILES string of the molecule is COc1ccccc1N1CCN(CCC(=O)Nc2ccccc2Br)CC1. The van der Waals surface area contributed by atoms with E-state index in [9.17, 15) is 4.79 Å². The van der Waals surface area contributed by atoms with Crippen molar-refractivity contribution in [3.8, 4) is 5.75 Å². The number of hydrogen-bond donors (Lipinski definition) is 1. The summed E-state index contributed by atoms with van der Waals surface area (Å²) in [4.78, 5) is 16.9. The van der Waals surface area contributed by atoms with Gasteiger partial charge in [0.2, 0.25) is 5.91 Å². The summed E-state index contributed by atoms with van der Waals surface area (Å²) in [6.45, 7) is 4.54. The van der Waals surface area contributed by atoms with E-state index in [1.54, 1.807) is 7.11 Å². The zero-order valence-electron chi connectivity index (χ0n) is 15.0. The number of amides is 1. The Morgan fingerprint density at radius 1 is 1.08 bits per heavy atom. The number of hydrogen-bond acceptors (Lipinski definition) is 4. The molecular weight excluding hydrogens is 394 g/mol. The highest BCUT2D eigenvalue weighted by molar-refractivity contribution is 9.10. The minimum Gasteiger partial charge on any atom is -0.495 e. The monoisotopic (exact) mass is 417 g/mol. The second-order valence-corrected chi connectivity index (χ2v) is 7.13. The Morgan fingerprint density at radius 2 is 1.77 bits per heavy atom. The van der Waals surface area contributed by atoms with Crippen LogP contribution in [-0.4, -0.2) is 50.6 Å². The Hall–Kier alpha value is -2.05. The van der Waals surface area contributed by atoms with Crippen molar-refractivity contribution in [3.05, 3.63) is 53.0 Å². The molecule has 3 rings (SSSR count). The van der Waals surface area contributed by atoms with Crippen LogP contribution >= 0.6 is 15.9 Å². The summed E-state index contributed by atoms with van der Waals surface area (Å²) >= 11 is 3.45. The predicted molar refractivity (Wildman–Crippen MR) is 109 cm³/mol. The van der Waals surface area contributed by atoms with Crippen LogP contribution in [0.1, 0.15) is 6.42 Å². The van der Waals surface area contributed by atoms with Gasteiger partial charge in [0.25, 0.3) is 0 Å². The number of nitrogens with one attached hydrogen (secondary N) is 1. The van der Waals surface area contributed by atoms with Gasteiger partial charge in [-0.25, -0.2) is 0 Å². The minimum absolute atomic E-state index is 0.0454. The van der Waals surface area contributed by atoms with Crippen molar-refractivity contribution in [1.29, 1.82) is 0 Å². The van der Waals surface area contributed by atoms with E-state index in [-0.39, 0.29) is 5.91 Å². The zero-order valence-corrected chi connectivity index (χ0v) is 16.5. The van der Waals surface area contributed by atoms with Crippen molar-refractivity contribution < 1.29 is 9.53 Å². The molecular formula is C20H24BrN3O2. The van der Waals surface area contributed by atoms with Gasteiger partial charge in [0, 0.05) is 43.6 Å². The topological polar surface area (TPSA) is 44.8 Å². The third kappa shape index (κ3) is 4.77. The molecule has 0 spiro atoms. The maximum absolute atomic E-state index is 12.2. The molecule has 1 aliphatic rings. The molecule has 1 aliphatic heterocycles. The average molecular weight is 418 g/mol. The van der Waals surface area contributed by atoms with Gasteiger partial charge in [-0.3, -0.25) is 9.69 Å². The standard InChI is InChI=1S/C20H24BrN3O2/c1-26-19-9-5-4-8-18(19)24-14-12-23(13-15-24)11-10-20(25)22-17-7-3-2-6-16(17)21/h2-9H,10-15H2,1H3,(H,22,25). The molecule has 2 aromatic carbocycles. The summed E-state index contributed by atoms with van der Waals surface area (Å²) in [6.07, 6.45) is 0.496. The first-order valence-electron chi connectivity index (χ1n) is 8.82. The maximum atomic E-state index is 12.2.